The minimum Gasteiger partial charge on any atom is -0.395 e. The molecule has 0 aromatic rings. The molecule has 0 atom stereocenters. The molecule has 11 heavy (non-hydrogen) atoms. The number of rotatable bonds is 3. The van der Waals surface area contributed by atoms with Crippen molar-refractivity contribution in [3.05, 3.63) is 12.3 Å². The monoisotopic (exact) mass is 156 g/mol. The van der Waals surface area contributed by atoms with Crippen LogP contribution in [0.2, 0.25) is 0 Å². The van der Waals surface area contributed by atoms with E-state index in [0.717, 1.165) is 0 Å². The zero-order chi connectivity index (χ0) is 8.10. The lowest BCUT2D eigenvalue weighted by atomic mass is 10.5. The third-order valence-corrected chi connectivity index (χ3v) is 1.26. The van der Waals surface area contributed by atoms with Gasteiger partial charge in [0.1, 0.15) is 12.5 Å². The molecular weight excluding hydrogens is 144 g/mol. The molecule has 1 heterocycles. The maximum absolute atomic E-state index is 8.48. The van der Waals surface area contributed by atoms with Crippen molar-refractivity contribution < 1.29 is 5.11 Å². The average molecular weight is 156 g/mol. The molecule has 5 heteroatoms. The van der Waals surface area contributed by atoms with Gasteiger partial charge in [-0.3, -0.25) is 5.01 Å². The molecule has 0 aromatic carbocycles. The van der Waals surface area contributed by atoms with Crippen LogP contribution in [0.3, 0.4) is 0 Å². The minimum atomic E-state index is 0.115. The zero-order valence-corrected chi connectivity index (χ0v) is 6.20. The molecule has 0 bridgehead atoms. The summed E-state index contributed by atoms with van der Waals surface area (Å²) >= 11 is 0. The molecular formula is C6H12N4O. The fourth-order valence-electron chi connectivity index (χ4n) is 0.720. The zero-order valence-electron chi connectivity index (χ0n) is 6.20. The second kappa shape index (κ2) is 3.95. The van der Waals surface area contributed by atoms with Gasteiger partial charge < -0.3 is 10.8 Å². The predicted octanol–water partition coefficient (Wildman–Crippen LogP) is -1.37. The van der Waals surface area contributed by atoms with E-state index in [9.17, 15) is 0 Å². The summed E-state index contributed by atoms with van der Waals surface area (Å²) in [5.74, 6) is 0.534. The minimum absolute atomic E-state index is 0.115. The first-order chi connectivity index (χ1) is 5.33. The lowest BCUT2D eigenvalue weighted by Crippen LogP contribution is -2.38. The van der Waals surface area contributed by atoms with Gasteiger partial charge in [0.25, 0.3) is 0 Å². The highest BCUT2D eigenvalue weighted by Gasteiger charge is 2.00. The number of hydrogen-bond donors (Lipinski definition) is 3. The smallest absolute Gasteiger partial charge is 0.126 e. The molecule has 0 fully saturated rings. The van der Waals surface area contributed by atoms with Gasteiger partial charge in [0, 0.05) is 12.7 Å². The molecule has 0 unspecified atom stereocenters. The van der Waals surface area contributed by atoms with Gasteiger partial charge in [-0.1, -0.05) is 0 Å². The van der Waals surface area contributed by atoms with E-state index in [4.69, 9.17) is 10.8 Å². The molecule has 0 spiro atoms. The van der Waals surface area contributed by atoms with Gasteiger partial charge in [-0.25, -0.2) is 10.4 Å². The van der Waals surface area contributed by atoms with Crippen molar-refractivity contribution in [1.29, 1.82) is 0 Å². The molecule has 62 valence electrons. The summed E-state index contributed by atoms with van der Waals surface area (Å²) in [5.41, 5.74) is 8.31. The van der Waals surface area contributed by atoms with Crippen LogP contribution in [0.5, 0.6) is 0 Å². The summed E-state index contributed by atoms with van der Waals surface area (Å²) in [6.45, 7) is 1.14. The Bertz CT molecular complexity index is 177. The van der Waals surface area contributed by atoms with E-state index in [1.807, 2.05) is 0 Å². The first-order valence-electron chi connectivity index (χ1n) is 3.42. The Morgan fingerprint density at radius 3 is 3.18 bits per heavy atom. The third kappa shape index (κ3) is 2.57. The SMILES string of the molecule is NC1=NCN(NCCO)C=C1. The molecule has 0 radical (unpaired) electrons. The number of aliphatic hydroxyl groups is 1. The number of hydrazine groups is 1. The van der Waals surface area contributed by atoms with Gasteiger partial charge in [0.2, 0.25) is 0 Å². The largest absolute Gasteiger partial charge is 0.395 e. The van der Waals surface area contributed by atoms with Gasteiger partial charge in [0.05, 0.1) is 6.61 Å². The van der Waals surface area contributed by atoms with Crippen molar-refractivity contribution in [2.24, 2.45) is 10.7 Å². The first kappa shape index (κ1) is 8.03. The molecule has 0 amide bonds. The van der Waals surface area contributed by atoms with Gasteiger partial charge in [-0.15, -0.1) is 0 Å². The topological polar surface area (TPSA) is 73.9 Å². The van der Waals surface area contributed by atoms with E-state index < -0.39 is 0 Å². The summed E-state index contributed by atoms with van der Waals surface area (Å²) in [7, 11) is 0. The number of nitrogens with two attached hydrogens (primary N) is 1. The molecule has 5 nitrogen and oxygen atoms in total. The predicted molar refractivity (Wildman–Crippen MR) is 42.6 cm³/mol. The van der Waals surface area contributed by atoms with Crippen molar-refractivity contribution >= 4 is 5.84 Å². The fraction of sp³-hybridized carbons (Fsp3) is 0.500. The Labute approximate surface area is 65.2 Å². The molecule has 4 N–H and O–H groups in total. The fourth-order valence-corrected chi connectivity index (χ4v) is 0.720. The van der Waals surface area contributed by atoms with Crippen LogP contribution in [0.1, 0.15) is 0 Å². The van der Waals surface area contributed by atoms with Gasteiger partial charge >= 0.3 is 0 Å². The van der Waals surface area contributed by atoms with E-state index in [2.05, 4.69) is 10.4 Å². The lowest BCUT2D eigenvalue weighted by Gasteiger charge is -2.21. The first-order valence-corrected chi connectivity index (χ1v) is 3.42. The average Bonchev–Trinajstić information content (AvgIpc) is 2.04. The van der Waals surface area contributed by atoms with E-state index in [1.165, 1.54) is 0 Å². The van der Waals surface area contributed by atoms with Gasteiger partial charge in [0.15, 0.2) is 0 Å². The summed E-state index contributed by atoms with van der Waals surface area (Å²) in [6.07, 6.45) is 3.49. The van der Waals surface area contributed by atoms with Crippen molar-refractivity contribution in [1.82, 2.24) is 10.4 Å². The summed E-state index contributed by atoms with van der Waals surface area (Å²) < 4.78 is 0. The van der Waals surface area contributed by atoms with Crippen molar-refractivity contribution in [3.63, 3.8) is 0 Å². The van der Waals surface area contributed by atoms with Crippen LogP contribution in [-0.2, 0) is 0 Å². The Balaban J connectivity index is 2.25. The highest BCUT2D eigenvalue weighted by molar-refractivity contribution is 5.91. The number of aliphatic hydroxyl groups excluding tert-OH is 1. The highest BCUT2D eigenvalue weighted by Crippen LogP contribution is 1.91. The van der Waals surface area contributed by atoms with E-state index in [-0.39, 0.29) is 6.61 Å². The second-order valence-corrected chi connectivity index (χ2v) is 2.14. The van der Waals surface area contributed by atoms with Crippen LogP contribution in [0.4, 0.5) is 0 Å². The number of amidine groups is 1. The van der Waals surface area contributed by atoms with Crippen LogP contribution in [-0.4, -0.2) is 35.8 Å². The van der Waals surface area contributed by atoms with Crippen LogP contribution in [0.25, 0.3) is 0 Å². The maximum atomic E-state index is 8.48. The van der Waals surface area contributed by atoms with Crippen LogP contribution < -0.4 is 11.2 Å². The Kier molecular flexibility index (Phi) is 2.88. The van der Waals surface area contributed by atoms with E-state index >= 15 is 0 Å². The number of nitrogens with one attached hydrogen (secondary N) is 1. The Morgan fingerprint density at radius 2 is 2.64 bits per heavy atom. The van der Waals surface area contributed by atoms with Crippen molar-refractivity contribution in [2.45, 2.75) is 0 Å². The maximum Gasteiger partial charge on any atom is 0.126 e. The highest BCUT2D eigenvalue weighted by atomic mass is 16.3. The summed E-state index contributed by atoms with van der Waals surface area (Å²) in [4.78, 5) is 3.95. The summed E-state index contributed by atoms with van der Waals surface area (Å²) in [6, 6.07) is 0. The third-order valence-electron chi connectivity index (χ3n) is 1.26. The van der Waals surface area contributed by atoms with Crippen LogP contribution in [0.15, 0.2) is 17.3 Å². The van der Waals surface area contributed by atoms with Crippen molar-refractivity contribution in [3.8, 4) is 0 Å². The molecule has 1 rings (SSSR count). The quantitative estimate of drug-likeness (QED) is 0.471. The van der Waals surface area contributed by atoms with Gasteiger partial charge in [-0.2, -0.15) is 0 Å². The molecule has 0 aliphatic carbocycles. The van der Waals surface area contributed by atoms with E-state index in [0.29, 0.717) is 19.0 Å². The molecule has 1 aliphatic heterocycles. The van der Waals surface area contributed by atoms with Crippen molar-refractivity contribution in [2.75, 3.05) is 19.8 Å². The normalized spacial score (nSPS) is 16.8. The standard InChI is InChI=1S/C6H12N4O/c7-6-1-3-10(5-8-6)9-2-4-11/h1,3,9,11H,2,4-5H2,(H2,7,8). The molecule has 0 aromatic heterocycles. The lowest BCUT2D eigenvalue weighted by molar-refractivity contribution is 0.220. The Hall–Kier alpha value is -1.07. The molecule has 1 aliphatic rings. The van der Waals surface area contributed by atoms with E-state index in [1.54, 1.807) is 17.3 Å². The number of aliphatic imine (C=N–C) groups is 1. The van der Waals surface area contributed by atoms with Crippen LogP contribution >= 0.6 is 0 Å². The second-order valence-electron chi connectivity index (χ2n) is 2.14. The number of nitrogens with zero attached hydrogens (tertiary/aromatic N) is 2. The number of hydrogen-bond acceptors (Lipinski definition) is 5. The Morgan fingerprint density at radius 1 is 1.82 bits per heavy atom. The summed E-state index contributed by atoms with van der Waals surface area (Å²) in [5, 5.41) is 10.2. The molecule has 0 saturated heterocycles. The van der Waals surface area contributed by atoms with Gasteiger partial charge in [-0.05, 0) is 6.08 Å². The van der Waals surface area contributed by atoms with Crippen LogP contribution in [0, 0.1) is 0 Å². The molecule has 0 saturated carbocycles.